The van der Waals surface area contributed by atoms with Crippen molar-refractivity contribution in [2.24, 2.45) is 0 Å². The van der Waals surface area contributed by atoms with E-state index in [1.165, 1.54) is 11.1 Å². The van der Waals surface area contributed by atoms with Gasteiger partial charge in [0.05, 0.1) is 6.04 Å². The molecule has 28 heavy (non-hydrogen) atoms. The van der Waals surface area contributed by atoms with Gasteiger partial charge in [-0.2, -0.15) is 0 Å². The highest BCUT2D eigenvalue weighted by Gasteiger charge is 2.23. The third kappa shape index (κ3) is 3.71. The van der Waals surface area contributed by atoms with Gasteiger partial charge in [-0.15, -0.1) is 0 Å². The second-order valence-corrected chi connectivity index (χ2v) is 7.05. The third-order valence-electron chi connectivity index (χ3n) is 5.20. The number of hydrogen-bond acceptors (Lipinski definition) is 4. The first-order valence-corrected chi connectivity index (χ1v) is 9.50. The summed E-state index contributed by atoms with van der Waals surface area (Å²) in [5, 5.41) is 3.10. The molecular weight excluding hydrogens is 352 g/mol. The van der Waals surface area contributed by atoms with Gasteiger partial charge in [0.15, 0.2) is 5.82 Å². The normalized spacial score (nSPS) is 15.2. The summed E-state index contributed by atoms with van der Waals surface area (Å²) in [5.74, 6) is 0.396. The van der Waals surface area contributed by atoms with Gasteiger partial charge in [0.2, 0.25) is 5.91 Å². The van der Waals surface area contributed by atoms with E-state index in [-0.39, 0.29) is 23.9 Å². The molecule has 3 aromatic rings. The molecule has 6 heteroatoms. The molecule has 0 fully saturated rings. The monoisotopic (exact) mass is 374 g/mol. The number of H-pyrrole nitrogens is 1. The van der Waals surface area contributed by atoms with Crippen LogP contribution in [0.25, 0.3) is 11.5 Å². The van der Waals surface area contributed by atoms with Gasteiger partial charge in [-0.25, -0.2) is 4.98 Å². The smallest absolute Gasteiger partial charge is 0.254 e. The summed E-state index contributed by atoms with van der Waals surface area (Å²) in [6.07, 6.45) is 4.18. The molecular formula is C22H22N4O2. The number of aromatic nitrogens is 3. The molecule has 2 N–H and O–H groups in total. The SMILES string of the molecule is Cc1nc(-c2ccccn2)[nH]c(=O)c1CCC(=O)N[C@@H]1CCc2ccccc21. The third-order valence-corrected chi connectivity index (χ3v) is 5.20. The van der Waals surface area contributed by atoms with E-state index in [2.05, 4.69) is 32.4 Å². The lowest BCUT2D eigenvalue weighted by Crippen LogP contribution is -2.28. The second kappa shape index (κ2) is 7.76. The number of carbonyl (C=O) groups is 1. The minimum absolute atomic E-state index is 0.0469. The Hall–Kier alpha value is -3.28. The quantitative estimate of drug-likeness (QED) is 0.719. The zero-order chi connectivity index (χ0) is 19.5. The molecule has 0 bridgehead atoms. The van der Waals surface area contributed by atoms with E-state index in [1.54, 1.807) is 19.2 Å². The molecule has 4 rings (SSSR count). The molecule has 0 spiro atoms. The Morgan fingerprint density at radius 2 is 2.04 bits per heavy atom. The van der Waals surface area contributed by atoms with Crippen LogP contribution in [0.1, 0.15) is 41.3 Å². The minimum Gasteiger partial charge on any atom is -0.349 e. The number of amides is 1. The molecule has 142 valence electrons. The first-order valence-electron chi connectivity index (χ1n) is 9.50. The fourth-order valence-electron chi connectivity index (χ4n) is 3.74. The van der Waals surface area contributed by atoms with Gasteiger partial charge in [-0.1, -0.05) is 30.3 Å². The summed E-state index contributed by atoms with van der Waals surface area (Å²) < 4.78 is 0. The van der Waals surface area contributed by atoms with Crippen molar-refractivity contribution in [1.82, 2.24) is 20.3 Å². The van der Waals surface area contributed by atoms with E-state index in [0.29, 0.717) is 29.2 Å². The molecule has 2 heterocycles. The number of hydrogen-bond donors (Lipinski definition) is 2. The van der Waals surface area contributed by atoms with Gasteiger partial charge in [0.25, 0.3) is 5.56 Å². The van der Waals surface area contributed by atoms with Crippen LogP contribution in [0.15, 0.2) is 53.5 Å². The molecule has 1 atom stereocenters. The lowest BCUT2D eigenvalue weighted by Gasteiger charge is -2.14. The fourth-order valence-corrected chi connectivity index (χ4v) is 3.74. The Morgan fingerprint density at radius 1 is 1.21 bits per heavy atom. The largest absolute Gasteiger partial charge is 0.349 e. The predicted molar refractivity (Wildman–Crippen MR) is 107 cm³/mol. The highest BCUT2D eigenvalue weighted by molar-refractivity contribution is 5.77. The second-order valence-electron chi connectivity index (χ2n) is 7.05. The number of carbonyl (C=O) groups excluding carboxylic acids is 1. The summed E-state index contributed by atoms with van der Waals surface area (Å²) in [6, 6.07) is 13.7. The highest BCUT2D eigenvalue weighted by Crippen LogP contribution is 2.30. The topological polar surface area (TPSA) is 87.7 Å². The Balaban J connectivity index is 1.42. The van der Waals surface area contributed by atoms with Crippen LogP contribution < -0.4 is 10.9 Å². The van der Waals surface area contributed by atoms with Crippen molar-refractivity contribution in [3.05, 3.63) is 81.4 Å². The maximum absolute atomic E-state index is 12.5. The lowest BCUT2D eigenvalue weighted by atomic mass is 10.1. The molecule has 1 aromatic carbocycles. The standard InChI is InChI=1S/C22H22N4O2/c1-14-16(22(28)26-21(24-14)19-8-4-5-13-23-19)10-12-20(27)25-18-11-9-15-6-2-3-7-17(15)18/h2-8,13,18H,9-12H2,1H3,(H,25,27)(H,24,26,28)/t18-/m1/s1. The zero-order valence-corrected chi connectivity index (χ0v) is 15.7. The lowest BCUT2D eigenvalue weighted by molar-refractivity contribution is -0.121. The van der Waals surface area contributed by atoms with Crippen LogP contribution in [0.4, 0.5) is 0 Å². The Bertz CT molecular complexity index is 1060. The maximum Gasteiger partial charge on any atom is 0.254 e. The summed E-state index contributed by atoms with van der Waals surface area (Å²) in [4.78, 5) is 36.4. The van der Waals surface area contributed by atoms with Gasteiger partial charge in [-0.3, -0.25) is 14.6 Å². The Labute approximate surface area is 163 Å². The number of aromatic amines is 1. The summed E-state index contributed by atoms with van der Waals surface area (Å²) in [7, 11) is 0. The van der Waals surface area contributed by atoms with E-state index in [4.69, 9.17) is 0 Å². The number of benzene rings is 1. The first kappa shape index (κ1) is 18.1. The van der Waals surface area contributed by atoms with Gasteiger partial charge < -0.3 is 10.3 Å². The predicted octanol–water partition coefficient (Wildman–Crippen LogP) is 2.88. The molecule has 0 aliphatic heterocycles. The molecule has 0 saturated carbocycles. The summed E-state index contributed by atoms with van der Waals surface area (Å²) in [6.45, 7) is 1.79. The number of fused-ring (bicyclic) bond motifs is 1. The number of nitrogens with one attached hydrogen (secondary N) is 2. The van der Waals surface area contributed by atoms with Crippen LogP contribution >= 0.6 is 0 Å². The first-order chi connectivity index (χ1) is 13.6. The average Bonchev–Trinajstić information content (AvgIpc) is 3.11. The van der Waals surface area contributed by atoms with E-state index in [0.717, 1.165) is 12.8 Å². The molecule has 1 amide bonds. The van der Waals surface area contributed by atoms with Gasteiger partial charge >= 0.3 is 0 Å². The number of pyridine rings is 1. The molecule has 0 saturated heterocycles. The molecule has 2 aromatic heterocycles. The fraction of sp³-hybridized carbons (Fsp3) is 0.273. The number of aryl methyl sites for hydroxylation is 2. The van der Waals surface area contributed by atoms with Gasteiger partial charge in [0, 0.05) is 23.9 Å². The van der Waals surface area contributed by atoms with Crippen LogP contribution in [0.2, 0.25) is 0 Å². The van der Waals surface area contributed by atoms with Crippen LogP contribution in [0.3, 0.4) is 0 Å². The van der Waals surface area contributed by atoms with Crippen molar-refractivity contribution in [3.8, 4) is 11.5 Å². The van der Waals surface area contributed by atoms with Crippen LogP contribution in [0, 0.1) is 6.92 Å². The molecule has 1 aliphatic carbocycles. The Morgan fingerprint density at radius 3 is 2.82 bits per heavy atom. The maximum atomic E-state index is 12.5. The van der Waals surface area contributed by atoms with Crippen LogP contribution in [-0.2, 0) is 17.6 Å². The molecule has 0 unspecified atom stereocenters. The van der Waals surface area contributed by atoms with Crippen LogP contribution in [0.5, 0.6) is 0 Å². The molecule has 6 nitrogen and oxygen atoms in total. The van der Waals surface area contributed by atoms with Crippen molar-refractivity contribution < 1.29 is 4.79 Å². The molecule has 0 radical (unpaired) electrons. The van der Waals surface area contributed by atoms with Crippen molar-refractivity contribution in [1.29, 1.82) is 0 Å². The van der Waals surface area contributed by atoms with Gasteiger partial charge in [-0.05, 0) is 49.4 Å². The van der Waals surface area contributed by atoms with E-state index >= 15 is 0 Å². The van der Waals surface area contributed by atoms with E-state index in [1.807, 2.05) is 24.3 Å². The van der Waals surface area contributed by atoms with Gasteiger partial charge in [0.1, 0.15) is 5.69 Å². The van der Waals surface area contributed by atoms with Crippen molar-refractivity contribution >= 4 is 5.91 Å². The van der Waals surface area contributed by atoms with Crippen molar-refractivity contribution in [2.45, 2.75) is 38.6 Å². The zero-order valence-electron chi connectivity index (χ0n) is 15.7. The number of rotatable bonds is 5. The van der Waals surface area contributed by atoms with E-state index < -0.39 is 0 Å². The van der Waals surface area contributed by atoms with Crippen molar-refractivity contribution in [3.63, 3.8) is 0 Å². The van der Waals surface area contributed by atoms with Crippen LogP contribution in [-0.4, -0.2) is 20.9 Å². The average molecular weight is 374 g/mol. The van der Waals surface area contributed by atoms with Crippen molar-refractivity contribution in [2.75, 3.05) is 0 Å². The summed E-state index contributed by atoms with van der Waals surface area (Å²) >= 11 is 0. The minimum atomic E-state index is -0.216. The summed E-state index contributed by atoms with van der Waals surface area (Å²) in [5.41, 5.74) is 4.07. The number of nitrogens with zero attached hydrogens (tertiary/aromatic N) is 2. The Kier molecular flexibility index (Phi) is 5.02. The van der Waals surface area contributed by atoms with E-state index in [9.17, 15) is 9.59 Å². The highest BCUT2D eigenvalue weighted by atomic mass is 16.1. The molecule has 1 aliphatic rings.